The van der Waals surface area contributed by atoms with E-state index in [9.17, 15) is 18.0 Å². The predicted molar refractivity (Wildman–Crippen MR) is 115 cm³/mol. The zero-order valence-corrected chi connectivity index (χ0v) is 18.4. The summed E-state index contributed by atoms with van der Waals surface area (Å²) in [7, 11) is 4.68. The van der Waals surface area contributed by atoms with Gasteiger partial charge in [0, 0.05) is 30.1 Å². The number of aromatic nitrogens is 2. The van der Waals surface area contributed by atoms with Crippen molar-refractivity contribution in [3.05, 3.63) is 65.0 Å². The third-order valence-electron chi connectivity index (χ3n) is 5.32. The number of carbonyl (C=O) groups excluding carboxylic acids is 1. The molecule has 0 atom stereocenters. The second kappa shape index (κ2) is 8.94. The minimum atomic E-state index is -4.45. The van der Waals surface area contributed by atoms with Crippen LogP contribution in [0.15, 0.2) is 42.5 Å². The number of anilines is 1. The SMILES string of the molecule is COc1ccc(N(C)C(=O)Cc2c(C)nn(-c3cccc(C(F)(F)F)c3)c2C)cc1OC. The first-order valence-corrected chi connectivity index (χ1v) is 9.78. The molecule has 0 N–H and O–H groups in total. The molecule has 0 unspecified atom stereocenters. The Hall–Kier alpha value is -3.49. The number of nitrogens with zero attached hydrogens (tertiary/aromatic N) is 3. The maximum atomic E-state index is 13.1. The molecule has 0 aliphatic carbocycles. The fourth-order valence-electron chi connectivity index (χ4n) is 3.44. The van der Waals surface area contributed by atoms with E-state index in [-0.39, 0.29) is 18.0 Å². The molecular formula is C23H24F3N3O3. The number of carbonyl (C=O) groups is 1. The van der Waals surface area contributed by atoms with E-state index in [2.05, 4.69) is 5.10 Å². The number of hydrogen-bond acceptors (Lipinski definition) is 4. The highest BCUT2D eigenvalue weighted by molar-refractivity contribution is 5.94. The number of aryl methyl sites for hydroxylation is 1. The van der Waals surface area contributed by atoms with E-state index in [1.54, 1.807) is 45.2 Å². The molecule has 32 heavy (non-hydrogen) atoms. The van der Waals surface area contributed by atoms with E-state index >= 15 is 0 Å². The maximum absolute atomic E-state index is 13.1. The summed E-state index contributed by atoms with van der Waals surface area (Å²) in [5, 5.41) is 4.38. The fraction of sp³-hybridized carbons (Fsp3) is 0.304. The number of amides is 1. The zero-order valence-electron chi connectivity index (χ0n) is 18.4. The van der Waals surface area contributed by atoms with Crippen LogP contribution < -0.4 is 14.4 Å². The van der Waals surface area contributed by atoms with Crippen molar-refractivity contribution < 1.29 is 27.4 Å². The number of alkyl halides is 3. The van der Waals surface area contributed by atoms with Gasteiger partial charge in [-0.3, -0.25) is 4.79 Å². The van der Waals surface area contributed by atoms with Gasteiger partial charge in [0.25, 0.3) is 0 Å². The summed E-state index contributed by atoms with van der Waals surface area (Å²) in [5.74, 6) is 0.840. The molecule has 6 nitrogen and oxygen atoms in total. The maximum Gasteiger partial charge on any atom is 0.416 e. The normalized spacial score (nSPS) is 11.4. The first kappa shape index (κ1) is 23.2. The van der Waals surface area contributed by atoms with Crippen LogP contribution in [0.5, 0.6) is 11.5 Å². The van der Waals surface area contributed by atoms with Gasteiger partial charge in [-0.1, -0.05) is 6.07 Å². The van der Waals surface area contributed by atoms with E-state index in [0.717, 1.165) is 12.1 Å². The van der Waals surface area contributed by atoms with Crippen LogP contribution in [0.3, 0.4) is 0 Å². The summed E-state index contributed by atoms with van der Waals surface area (Å²) in [6.07, 6.45) is -4.41. The number of rotatable bonds is 6. The van der Waals surface area contributed by atoms with Gasteiger partial charge >= 0.3 is 6.18 Å². The van der Waals surface area contributed by atoms with Gasteiger partial charge in [-0.15, -0.1) is 0 Å². The lowest BCUT2D eigenvalue weighted by Gasteiger charge is -2.19. The molecular weight excluding hydrogens is 423 g/mol. The van der Waals surface area contributed by atoms with Crippen LogP contribution in [-0.2, 0) is 17.4 Å². The van der Waals surface area contributed by atoms with Crippen LogP contribution in [0, 0.1) is 13.8 Å². The van der Waals surface area contributed by atoms with Gasteiger partial charge in [0.15, 0.2) is 11.5 Å². The highest BCUT2D eigenvalue weighted by Crippen LogP contribution is 2.32. The number of hydrogen-bond donors (Lipinski definition) is 0. The topological polar surface area (TPSA) is 56.6 Å². The molecule has 1 aromatic heterocycles. The largest absolute Gasteiger partial charge is 0.493 e. The number of methoxy groups -OCH3 is 2. The quantitative estimate of drug-likeness (QED) is 0.548. The molecule has 0 spiro atoms. The highest BCUT2D eigenvalue weighted by Gasteiger charge is 2.31. The van der Waals surface area contributed by atoms with E-state index in [1.807, 2.05) is 0 Å². The van der Waals surface area contributed by atoms with Crippen LogP contribution in [0.25, 0.3) is 5.69 Å². The van der Waals surface area contributed by atoms with Gasteiger partial charge < -0.3 is 14.4 Å². The molecule has 0 aliphatic rings. The monoisotopic (exact) mass is 447 g/mol. The molecule has 0 aliphatic heterocycles. The van der Waals surface area contributed by atoms with Gasteiger partial charge in [0.1, 0.15) is 0 Å². The summed E-state index contributed by atoms with van der Waals surface area (Å²) < 4.78 is 51.2. The molecule has 0 radical (unpaired) electrons. The van der Waals surface area contributed by atoms with E-state index in [1.165, 1.54) is 29.9 Å². The first-order chi connectivity index (χ1) is 15.1. The van der Waals surface area contributed by atoms with E-state index in [0.29, 0.717) is 34.1 Å². The minimum absolute atomic E-state index is 0.0431. The molecule has 0 saturated carbocycles. The average molecular weight is 447 g/mol. The van der Waals surface area contributed by atoms with Crippen molar-refractivity contribution in [2.45, 2.75) is 26.4 Å². The smallest absolute Gasteiger partial charge is 0.416 e. The molecule has 170 valence electrons. The molecule has 3 aromatic rings. The molecule has 2 aromatic carbocycles. The standard InChI is InChI=1S/C23H24F3N3O3/c1-14-19(13-22(30)28(3)17-9-10-20(31-4)21(12-17)32-5)15(2)29(27-14)18-8-6-7-16(11-18)23(24,25)26/h6-12H,13H2,1-5H3. The summed E-state index contributed by atoms with van der Waals surface area (Å²) in [4.78, 5) is 14.5. The fourth-order valence-corrected chi connectivity index (χ4v) is 3.44. The van der Waals surface area contributed by atoms with Crippen LogP contribution in [0.1, 0.15) is 22.5 Å². The van der Waals surface area contributed by atoms with Crippen molar-refractivity contribution in [2.24, 2.45) is 0 Å². The number of halogens is 3. The second-order valence-corrected chi connectivity index (χ2v) is 7.28. The lowest BCUT2D eigenvalue weighted by molar-refractivity contribution is -0.137. The Labute approximate surface area is 184 Å². The van der Waals surface area contributed by atoms with E-state index in [4.69, 9.17) is 9.47 Å². The van der Waals surface area contributed by atoms with Crippen molar-refractivity contribution in [1.29, 1.82) is 0 Å². The van der Waals surface area contributed by atoms with Crippen molar-refractivity contribution in [1.82, 2.24) is 9.78 Å². The Morgan fingerprint density at radius 3 is 2.38 bits per heavy atom. The van der Waals surface area contributed by atoms with Gasteiger partial charge in [-0.05, 0) is 44.2 Å². The Bertz CT molecular complexity index is 1140. The number of likely N-dealkylation sites (N-methyl/N-ethyl adjacent to an activating group) is 1. The van der Waals surface area contributed by atoms with Crippen LogP contribution in [0.4, 0.5) is 18.9 Å². The number of benzene rings is 2. The summed E-state index contributed by atoms with van der Waals surface area (Å²) in [6, 6.07) is 10.1. The first-order valence-electron chi connectivity index (χ1n) is 9.78. The van der Waals surface area contributed by atoms with Crippen molar-refractivity contribution >= 4 is 11.6 Å². The van der Waals surface area contributed by atoms with Gasteiger partial charge in [-0.2, -0.15) is 18.3 Å². The summed E-state index contributed by atoms with van der Waals surface area (Å²) in [6.45, 7) is 3.47. The Balaban J connectivity index is 1.88. The molecule has 3 rings (SSSR count). The molecule has 0 bridgehead atoms. The van der Waals surface area contributed by atoms with Crippen molar-refractivity contribution in [3.63, 3.8) is 0 Å². The molecule has 9 heteroatoms. The Morgan fingerprint density at radius 1 is 1.06 bits per heavy atom. The van der Waals surface area contributed by atoms with Gasteiger partial charge in [0.05, 0.1) is 37.6 Å². The van der Waals surface area contributed by atoms with Crippen LogP contribution in [-0.4, -0.2) is 37.0 Å². The minimum Gasteiger partial charge on any atom is -0.493 e. The average Bonchev–Trinajstić information content (AvgIpc) is 3.05. The molecule has 0 saturated heterocycles. The molecule has 0 fully saturated rings. The van der Waals surface area contributed by atoms with Crippen molar-refractivity contribution in [2.75, 3.05) is 26.2 Å². The predicted octanol–water partition coefficient (Wildman–Crippen LogP) is 4.73. The second-order valence-electron chi connectivity index (χ2n) is 7.28. The lowest BCUT2D eigenvalue weighted by Crippen LogP contribution is -2.28. The Kier molecular flexibility index (Phi) is 6.47. The van der Waals surface area contributed by atoms with Gasteiger partial charge in [0.2, 0.25) is 5.91 Å². The third-order valence-corrected chi connectivity index (χ3v) is 5.32. The van der Waals surface area contributed by atoms with Crippen LogP contribution >= 0.6 is 0 Å². The van der Waals surface area contributed by atoms with Crippen molar-refractivity contribution in [3.8, 4) is 17.2 Å². The third kappa shape index (κ3) is 4.56. The molecule has 1 amide bonds. The lowest BCUT2D eigenvalue weighted by atomic mass is 10.1. The van der Waals surface area contributed by atoms with E-state index < -0.39 is 11.7 Å². The Morgan fingerprint density at radius 2 is 1.75 bits per heavy atom. The number of ether oxygens (including phenoxy) is 2. The zero-order chi connectivity index (χ0) is 23.6. The van der Waals surface area contributed by atoms with Gasteiger partial charge in [-0.25, -0.2) is 4.68 Å². The molecule has 1 heterocycles. The summed E-state index contributed by atoms with van der Waals surface area (Å²) >= 11 is 0. The van der Waals surface area contributed by atoms with Crippen LogP contribution in [0.2, 0.25) is 0 Å². The summed E-state index contributed by atoms with van der Waals surface area (Å²) in [5.41, 5.74) is 2.00. The highest BCUT2D eigenvalue weighted by atomic mass is 19.4.